The lowest BCUT2D eigenvalue weighted by molar-refractivity contribution is -0.141. The molecule has 13 nitrogen and oxygen atoms in total. The number of carbonyl (C=O) groups excluding carboxylic acids is 3. The Kier molecular flexibility index (Phi) is 11.8. The normalized spacial score (nSPS) is 12.9. The predicted octanol–water partition coefficient (Wildman–Crippen LogP) is 2.97. The molecule has 0 saturated carbocycles. The summed E-state index contributed by atoms with van der Waals surface area (Å²) in [6.45, 7) is 8.58. The Hall–Kier alpha value is -4.03. The third-order valence-electron chi connectivity index (χ3n) is 4.53. The summed E-state index contributed by atoms with van der Waals surface area (Å²) >= 11 is 0. The first-order valence-electron chi connectivity index (χ1n) is 11.9. The second-order valence-electron chi connectivity index (χ2n) is 10.3. The summed E-state index contributed by atoms with van der Waals surface area (Å²) in [5.74, 6) is -2.85. The first-order chi connectivity index (χ1) is 17.5. The number of carboxylic acids is 2. The summed E-state index contributed by atoms with van der Waals surface area (Å²) in [6, 6.07) is 5.63. The maximum absolute atomic E-state index is 12.9. The molecule has 3 amide bonds. The molecule has 38 heavy (non-hydrogen) atoms. The van der Waals surface area contributed by atoms with E-state index in [2.05, 4.69) is 10.6 Å². The average molecular weight is 540 g/mol. The van der Waals surface area contributed by atoms with Crippen molar-refractivity contribution in [2.75, 3.05) is 13.1 Å². The quantitative estimate of drug-likeness (QED) is 0.305. The number of hydrogen-bond donors (Lipinski definition) is 4. The molecule has 0 aromatic heterocycles. The molecule has 0 radical (unpaired) electrons. The van der Waals surface area contributed by atoms with Gasteiger partial charge in [0.25, 0.3) is 0 Å². The molecule has 0 spiro atoms. The number of carbonyl (C=O) groups is 5. The number of benzene rings is 1. The first-order valence-corrected chi connectivity index (χ1v) is 11.9. The van der Waals surface area contributed by atoms with E-state index in [0.717, 1.165) is 4.90 Å². The third kappa shape index (κ3) is 13.3. The molecule has 0 saturated heterocycles. The van der Waals surface area contributed by atoms with E-state index < -0.39 is 60.0 Å². The predicted molar refractivity (Wildman–Crippen MR) is 134 cm³/mol. The Labute approximate surface area is 221 Å². The van der Waals surface area contributed by atoms with Crippen molar-refractivity contribution < 1.29 is 48.4 Å². The minimum absolute atomic E-state index is 0.133. The van der Waals surface area contributed by atoms with Gasteiger partial charge in [-0.2, -0.15) is 0 Å². The summed E-state index contributed by atoms with van der Waals surface area (Å²) in [4.78, 5) is 61.6. The standard InChI is InChI=1S/C25H37N3O10/c1-24(2,3)37-21(33)26-17(19(29)30)12-13-28(23(35)36-15-16-10-8-7-9-11-16)14-18(20(31)32)27-22(34)38-25(4,5)6/h7-11,17-18H,12-15H2,1-6H3,(H,26,33)(H,27,34)(H,29,30)(H,31,32)/t17-,18-/m0/s1. The van der Waals surface area contributed by atoms with E-state index in [0.29, 0.717) is 5.56 Å². The fourth-order valence-corrected chi connectivity index (χ4v) is 2.92. The second-order valence-corrected chi connectivity index (χ2v) is 10.3. The van der Waals surface area contributed by atoms with E-state index in [4.69, 9.17) is 14.2 Å². The number of carboxylic acid groups (broad SMARTS) is 2. The molecule has 0 unspecified atom stereocenters. The summed E-state index contributed by atoms with van der Waals surface area (Å²) in [6.07, 6.45) is -3.25. The number of ether oxygens (including phenoxy) is 3. The largest absolute Gasteiger partial charge is 0.480 e. The number of rotatable bonds is 11. The summed E-state index contributed by atoms with van der Waals surface area (Å²) in [7, 11) is 0. The van der Waals surface area contributed by atoms with Crippen molar-refractivity contribution in [2.24, 2.45) is 0 Å². The van der Waals surface area contributed by atoms with E-state index in [9.17, 15) is 34.2 Å². The molecular formula is C25H37N3O10. The Morgan fingerprint density at radius 3 is 1.74 bits per heavy atom. The maximum atomic E-state index is 12.9. The van der Waals surface area contributed by atoms with Crippen LogP contribution in [0.1, 0.15) is 53.5 Å². The van der Waals surface area contributed by atoms with Crippen molar-refractivity contribution in [3.63, 3.8) is 0 Å². The Morgan fingerprint density at radius 1 is 0.816 bits per heavy atom. The van der Waals surface area contributed by atoms with Crippen LogP contribution in [0.2, 0.25) is 0 Å². The van der Waals surface area contributed by atoms with Gasteiger partial charge < -0.3 is 40.0 Å². The lowest BCUT2D eigenvalue weighted by Crippen LogP contribution is -2.52. The van der Waals surface area contributed by atoms with Gasteiger partial charge in [-0.15, -0.1) is 0 Å². The molecule has 0 heterocycles. The molecule has 2 atom stereocenters. The number of alkyl carbamates (subject to hydrolysis) is 2. The van der Waals surface area contributed by atoms with Crippen molar-refractivity contribution in [3.8, 4) is 0 Å². The van der Waals surface area contributed by atoms with Crippen LogP contribution in [-0.4, -0.2) is 81.7 Å². The average Bonchev–Trinajstić information content (AvgIpc) is 2.76. The fraction of sp³-hybridized carbons (Fsp3) is 0.560. The van der Waals surface area contributed by atoms with Gasteiger partial charge in [-0.25, -0.2) is 24.0 Å². The van der Waals surface area contributed by atoms with Gasteiger partial charge in [0.05, 0.1) is 6.54 Å². The maximum Gasteiger partial charge on any atom is 0.410 e. The molecule has 1 aromatic rings. The smallest absolute Gasteiger partial charge is 0.410 e. The topological polar surface area (TPSA) is 181 Å². The van der Waals surface area contributed by atoms with Crippen LogP contribution < -0.4 is 10.6 Å². The zero-order valence-corrected chi connectivity index (χ0v) is 22.5. The lowest BCUT2D eigenvalue weighted by Gasteiger charge is -2.28. The van der Waals surface area contributed by atoms with E-state index in [1.54, 1.807) is 71.9 Å². The molecule has 0 fully saturated rings. The summed E-state index contributed by atoms with van der Waals surface area (Å²) in [5.41, 5.74) is -1.11. The Balaban J connectivity index is 3.03. The van der Waals surface area contributed by atoms with Crippen LogP contribution >= 0.6 is 0 Å². The van der Waals surface area contributed by atoms with E-state index >= 15 is 0 Å². The van der Waals surface area contributed by atoms with Gasteiger partial charge in [0.2, 0.25) is 0 Å². The summed E-state index contributed by atoms with van der Waals surface area (Å²) in [5, 5.41) is 23.6. The van der Waals surface area contributed by atoms with Crippen LogP contribution in [0.5, 0.6) is 0 Å². The minimum Gasteiger partial charge on any atom is -0.480 e. The first kappa shape index (κ1) is 32.0. The van der Waals surface area contributed by atoms with Crippen LogP contribution in [0.4, 0.5) is 14.4 Å². The van der Waals surface area contributed by atoms with Crippen LogP contribution in [0, 0.1) is 0 Å². The van der Waals surface area contributed by atoms with Crippen molar-refractivity contribution in [1.29, 1.82) is 0 Å². The van der Waals surface area contributed by atoms with Crippen LogP contribution in [0.15, 0.2) is 30.3 Å². The van der Waals surface area contributed by atoms with E-state index in [1.807, 2.05) is 0 Å². The number of amides is 3. The lowest BCUT2D eigenvalue weighted by atomic mass is 10.2. The van der Waals surface area contributed by atoms with Crippen molar-refractivity contribution >= 4 is 30.2 Å². The van der Waals surface area contributed by atoms with Gasteiger partial charge in [0.1, 0.15) is 29.9 Å². The molecule has 0 bridgehead atoms. The molecule has 0 aliphatic heterocycles. The van der Waals surface area contributed by atoms with Crippen molar-refractivity contribution in [3.05, 3.63) is 35.9 Å². The molecule has 4 N–H and O–H groups in total. The Bertz CT molecular complexity index is 970. The van der Waals surface area contributed by atoms with Gasteiger partial charge in [-0.3, -0.25) is 0 Å². The van der Waals surface area contributed by atoms with Gasteiger partial charge in [0, 0.05) is 6.54 Å². The van der Waals surface area contributed by atoms with Crippen LogP contribution in [0.25, 0.3) is 0 Å². The zero-order valence-electron chi connectivity index (χ0n) is 22.5. The number of nitrogens with zero attached hydrogens (tertiary/aromatic N) is 1. The van der Waals surface area contributed by atoms with Crippen molar-refractivity contribution in [2.45, 2.75) is 77.9 Å². The highest BCUT2D eigenvalue weighted by atomic mass is 16.6. The van der Waals surface area contributed by atoms with Gasteiger partial charge in [0.15, 0.2) is 0 Å². The Morgan fingerprint density at radius 2 is 1.29 bits per heavy atom. The molecular weight excluding hydrogens is 502 g/mol. The van der Waals surface area contributed by atoms with Gasteiger partial charge in [-0.1, -0.05) is 30.3 Å². The SMILES string of the molecule is CC(C)(C)OC(=O)N[C@@H](CCN(C[C@H](NC(=O)OC(C)(C)C)C(=O)O)C(=O)OCc1ccccc1)C(=O)O. The number of aliphatic carboxylic acids is 2. The van der Waals surface area contributed by atoms with E-state index in [-0.39, 0.29) is 19.6 Å². The second kappa shape index (κ2) is 14.1. The molecule has 0 aliphatic carbocycles. The fourth-order valence-electron chi connectivity index (χ4n) is 2.92. The van der Waals surface area contributed by atoms with Crippen molar-refractivity contribution in [1.82, 2.24) is 15.5 Å². The molecule has 1 rings (SSSR count). The zero-order chi connectivity index (χ0) is 29.1. The highest BCUT2D eigenvalue weighted by molar-refractivity contribution is 5.81. The highest BCUT2D eigenvalue weighted by Crippen LogP contribution is 2.11. The number of hydrogen-bond acceptors (Lipinski definition) is 8. The number of nitrogens with one attached hydrogen (secondary N) is 2. The molecule has 1 aromatic carbocycles. The van der Waals surface area contributed by atoms with Gasteiger partial charge in [-0.05, 0) is 53.5 Å². The summed E-state index contributed by atoms with van der Waals surface area (Å²) < 4.78 is 15.5. The minimum atomic E-state index is -1.60. The molecule has 212 valence electrons. The van der Waals surface area contributed by atoms with Gasteiger partial charge >= 0.3 is 30.2 Å². The van der Waals surface area contributed by atoms with Crippen LogP contribution in [0.3, 0.4) is 0 Å². The molecule has 13 heteroatoms. The third-order valence-corrected chi connectivity index (χ3v) is 4.53. The monoisotopic (exact) mass is 539 g/mol. The highest BCUT2D eigenvalue weighted by Gasteiger charge is 2.31. The van der Waals surface area contributed by atoms with Crippen LogP contribution in [-0.2, 0) is 30.4 Å². The molecule has 0 aliphatic rings. The van der Waals surface area contributed by atoms with E-state index in [1.165, 1.54) is 0 Å².